The zero-order valence-electron chi connectivity index (χ0n) is 9.46. The molecule has 0 aliphatic rings. The first-order chi connectivity index (χ1) is 7.22. The van der Waals surface area contributed by atoms with Gasteiger partial charge in [-0.2, -0.15) is 0 Å². The van der Waals surface area contributed by atoms with Gasteiger partial charge in [0.05, 0.1) is 0 Å². The molecular formula is C13H18N2. The Morgan fingerprint density at radius 1 is 1.27 bits per heavy atom. The topological polar surface area (TPSA) is 30.9 Å². The first-order valence-electron chi connectivity index (χ1n) is 5.48. The van der Waals surface area contributed by atoms with Crippen LogP contribution in [0, 0.1) is 13.8 Å². The SMILES string of the molecule is Cc1ccc2c(C)cn(CCCN)c2c1. The van der Waals surface area contributed by atoms with Crippen molar-refractivity contribution in [2.45, 2.75) is 26.8 Å². The van der Waals surface area contributed by atoms with Crippen LogP contribution in [0.2, 0.25) is 0 Å². The number of nitrogens with two attached hydrogens (primary N) is 1. The Morgan fingerprint density at radius 2 is 2.07 bits per heavy atom. The van der Waals surface area contributed by atoms with Crippen molar-refractivity contribution < 1.29 is 0 Å². The highest BCUT2D eigenvalue weighted by atomic mass is 15.0. The van der Waals surface area contributed by atoms with Gasteiger partial charge in [-0.15, -0.1) is 0 Å². The van der Waals surface area contributed by atoms with Crippen molar-refractivity contribution in [3.8, 4) is 0 Å². The van der Waals surface area contributed by atoms with Gasteiger partial charge in [-0.3, -0.25) is 0 Å². The van der Waals surface area contributed by atoms with E-state index < -0.39 is 0 Å². The normalized spacial score (nSPS) is 11.1. The number of fused-ring (bicyclic) bond motifs is 1. The molecule has 0 aliphatic heterocycles. The van der Waals surface area contributed by atoms with Crippen molar-refractivity contribution in [1.29, 1.82) is 0 Å². The maximum absolute atomic E-state index is 5.54. The van der Waals surface area contributed by atoms with Crippen molar-refractivity contribution in [2.24, 2.45) is 5.73 Å². The summed E-state index contributed by atoms with van der Waals surface area (Å²) < 4.78 is 2.31. The van der Waals surface area contributed by atoms with E-state index in [4.69, 9.17) is 5.73 Å². The van der Waals surface area contributed by atoms with Crippen LogP contribution in [-0.4, -0.2) is 11.1 Å². The molecule has 0 saturated heterocycles. The second-order valence-corrected chi connectivity index (χ2v) is 4.17. The Kier molecular flexibility index (Phi) is 2.78. The van der Waals surface area contributed by atoms with Gasteiger partial charge in [0, 0.05) is 23.6 Å². The van der Waals surface area contributed by atoms with Gasteiger partial charge in [0.1, 0.15) is 0 Å². The Hall–Kier alpha value is -1.28. The molecule has 0 radical (unpaired) electrons. The van der Waals surface area contributed by atoms with Gasteiger partial charge in [0.25, 0.3) is 0 Å². The third kappa shape index (κ3) is 1.90. The Bertz CT molecular complexity index is 469. The van der Waals surface area contributed by atoms with Crippen molar-refractivity contribution in [1.82, 2.24) is 4.57 Å². The number of aryl methyl sites for hydroxylation is 3. The van der Waals surface area contributed by atoms with E-state index in [2.05, 4.69) is 42.8 Å². The molecule has 0 bridgehead atoms. The van der Waals surface area contributed by atoms with Crippen LogP contribution in [0.25, 0.3) is 10.9 Å². The number of hydrogen-bond acceptors (Lipinski definition) is 1. The van der Waals surface area contributed by atoms with Gasteiger partial charge < -0.3 is 10.3 Å². The Morgan fingerprint density at radius 3 is 2.80 bits per heavy atom. The van der Waals surface area contributed by atoms with E-state index in [1.54, 1.807) is 0 Å². The zero-order chi connectivity index (χ0) is 10.8. The van der Waals surface area contributed by atoms with Gasteiger partial charge in [-0.05, 0) is 44.0 Å². The lowest BCUT2D eigenvalue weighted by molar-refractivity contribution is 0.669. The van der Waals surface area contributed by atoms with E-state index in [0.29, 0.717) is 0 Å². The van der Waals surface area contributed by atoms with E-state index >= 15 is 0 Å². The monoisotopic (exact) mass is 202 g/mol. The first kappa shape index (κ1) is 10.2. The molecule has 1 aromatic heterocycles. The van der Waals surface area contributed by atoms with E-state index in [9.17, 15) is 0 Å². The molecule has 0 saturated carbocycles. The standard InChI is InChI=1S/C13H18N2/c1-10-4-5-12-11(2)9-15(7-3-6-14)13(12)8-10/h4-5,8-9H,3,6-7,14H2,1-2H3. The quantitative estimate of drug-likeness (QED) is 0.815. The Labute approximate surface area is 90.7 Å². The third-order valence-electron chi connectivity index (χ3n) is 2.84. The number of aromatic nitrogens is 1. The summed E-state index contributed by atoms with van der Waals surface area (Å²) >= 11 is 0. The zero-order valence-corrected chi connectivity index (χ0v) is 9.46. The lowest BCUT2D eigenvalue weighted by Crippen LogP contribution is -2.04. The molecule has 15 heavy (non-hydrogen) atoms. The maximum atomic E-state index is 5.54. The summed E-state index contributed by atoms with van der Waals surface area (Å²) in [6.45, 7) is 6.07. The Balaban J connectivity index is 2.49. The predicted molar refractivity (Wildman–Crippen MR) is 65.1 cm³/mol. The molecule has 0 amide bonds. The predicted octanol–water partition coefficient (Wildman–Crippen LogP) is 2.61. The van der Waals surface area contributed by atoms with E-state index in [1.807, 2.05) is 0 Å². The van der Waals surface area contributed by atoms with Crippen LogP contribution in [0.5, 0.6) is 0 Å². The highest BCUT2D eigenvalue weighted by molar-refractivity contribution is 5.84. The van der Waals surface area contributed by atoms with Crippen LogP contribution in [-0.2, 0) is 6.54 Å². The van der Waals surface area contributed by atoms with Gasteiger partial charge >= 0.3 is 0 Å². The highest BCUT2D eigenvalue weighted by Gasteiger charge is 2.04. The number of nitrogens with zero attached hydrogens (tertiary/aromatic N) is 1. The number of benzene rings is 1. The molecule has 0 unspecified atom stereocenters. The van der Waals surface area contributed by atoms with Crippen molar-refractivity contribution in [3.05, 3.63) is 35.5 Å². The van der Waals surface area contributed by atoms with Gasteiger partial charge in [0.15, 0.2) is 0 Å². The minimum atomic E-state index is 0.755. The van der Waals surface area contributed by atoms with Crippen molar-refractivity contribution in [2.75, 3.05) is 6.54 Å². The van der Waals surface area contributed by atoms with Crippen LogP contribution in [0.3, 0.4) is 0 Å². The number of rotatable bonds is 3. The summed E-state index contributed by atoms with van der Waals surface area (Å²) in [5.41, 5.74) is 9.54. The highest BCUT2D eigenvalue weighted by Crippen LogP contribution is 2.22. The van der Waals surface area contributed by atoms with Crippen LogP contribution in [0.4, 0.5) is 0 Å². The van der Waals surface area contributed by atoms with Crippen LogP contribution in [0.15, 0.2) is 24.4 Å². The summed E-state index contributed by atoms with van der Waals surface area (Å²) in [5, 5.41) is 1.36. The average Bonchev–Trinajstić information content (AvgIpc) is 2.52. The molecule has 80 valence electrons. The fourth-order valence-electron chi connectivity index (χ4n) is 2.03. The molecule has 0 fully saturated rings. The number of hydrogen-bond donors (Lipinski definition) is 1. The fourth-order valence-corrected chi connectivity index (χ4v) is 2.03. The smallest absolute Gasteiger partial charge is 0.0485 e. The molecule has 2 nitrogen and oxygen atoms in total. The van der Waals surface area contributed by atoms with Gasteiger partial charge in [-0.1, -0.05) is 12.1 Å². The minimum absolute atomic E-state index is 0.755. The average molecular weight is 202 g/mol. The van der Waals surface area contributed by atoms with Crippen molar-refractivity contribution in [3.63, 3.8) is 0 Å². The summed E-state index contributed by atoms with van der Waals surface area (Å²) in [6.07, 6.45) is 3.26. The summed E-state index contributed by atoms with van der Waals surface area (Å²) in [7, 11) is 0. The van der Waals surface area contributed by atoms with E-state index in [-0.39, 0.29) is 0 Å². The third-order valence-corrected chi connectivity index (χ3v) is 2.84. The maximum Gasteiger partial charge on any atom is 0.0485 e. The van der Waals surface area contributed by atoms with Crippen molar-refractivity contribution >= 4 is 10.9 Å². The largest absolute Gasteiger partial charge is 0.347 e. The minimum Gasteiger partial charge on any atom is -0.347 e. The van der Waals surface area contributed by atoms with E-state index in [1.165, 1.54) is 22.0 Å². The molecular weight excluding hydrogens is 184 g/mol. The van der Waals surface area contributed by atoms with Crippen LogP contribution < -0.4 is 5.73 Å². The summed E-state index contributed by atoms with van der Waals surface area (Å²) in [5.74, 6) is 0. The second kappa shape index (κ2) is 4.07. The summed E-state index contributed by atoms with van der Waals surface area (Å²) in [4.78, 5) is 0. The fraction of sp³-hybridized carbons (Fsp3) is 0.385. The first-order valence-corrected chi connectivity index (χ1v) is 5.48. The lowest BCUT2D eigenvalue weighted by atomic mass is 10.1. The van der Waals surface area contributed by atoms with Crippen LogP contribution in [0.1, 0.15) is 17.5 Å². The molecule has 0 aliphatic carbocycles. The molecule has 0 spiro atoms. The summed E-state index contributed by atoms with van der Waals surface area (Å²) in [6, 6.07) is 6.63. The molecule has 2 rings (SSSR count). The molecule has 2 N–H and O–H groups in total. The van der Waals surface area contributed by atoms with E-state index in [0.717, 1.165) is 19.5 Å². The molecule has 1 heterocycles. The van der Waals surface area contributed by atoms with Crippen LogP contribution >= 0.6 is 0 Å². The second-order valence-electron chi connectivity index (χ2n) is 4.17. The molecule has 2 heteroatoms. The van der Waals surface area contributed by atoms with Gasteiger partial charge in [0.2, 0.25) is 0 Å². The molecule has 2 aromatic rings. The lowest BCUT2D eigenvalue weighted by Gasteiger charge is -2.04. The van der Waals surface area contributed by atoms with Gasteiger partial charge in [-0.25, -0.2) is 0 Å². The molecule has 1 aromatic carbocycles. The molecule has 0 atom stereocenters.